The molecule has 0 aromatic heterocycles. The largest absolute Gasteiger partial charge is 0.312 e. The van der Waals surface area contributed by atoms with Gasteiger partial charge in [-0.05, 0) is 33.6 Å². The van der Waals surface area contributed by atoms with Crippen molar-refractivity contribution in [3.05, 3.63) is 0 Å². The highest BCUT2D eigenvalue weighted by atomic mass is 15.0. The molecule has 1 aliphatic rings. The molecule has 0 spiro atoms. The van der Waals surface area contributed by atoms with Gasteiger partial charge in [-0.25, -0.2) is 0 Å². The number of nitrogens with one attached hydrogen (secondary N) is 1. The topological polar surface area (TPSA) is 24.4 Å². The lowest BCUT2D eigenvalue weighted by atomic mass is 10.1. The minimum absolute atomic E-state index is 0.566. The molecule has 0 bridgehead atoms. The first-order valence-electron chi connectivity index (χ1n) is 4.93. The Kier molecular flexibility index (Phi) is 3.27. The molecule has 2 unspecified atom stereocenters. The summed E-state index contributed by atoms with van der Waals surface area (Å²) in [5, 5.41) is 3.55. The highest BCUT2D eigenvalue weighted by molar-refractivity contribution is 5.98. The summed E-state index contributed by atoms with van der Waals surface area (Å²) in [5.74, 6) is 0. The standard InChI is InChI=1S/C10H20N2/c1-5-7(2)11-8(3)6-10-9(4)12-10/h7-8,10-11H,5-6H2,1-4H3/t7?,8-,10?/m1/s1. The third kappa shape index (κ3) is 2.94. The Bertz CT molecular complexity index is 171. The van der Waals surface area contributed by atoms with Gasteiger partial charge in [0.25, 0.3) is 0 Å². The zero-order chi connectivity index (χ0) is 9.14. The molecule has 1 rings (SSSR count). The number of rotatable bonds is 5. The first-order chi connectivity index (χ1) is 5.63. The molecule has 0 radical (unpaired) electrons. The Hall–Kier alpha value is -0.370. The molecule has 0 aromatic rings. The molecule has 0 aliphatic carbocycles. The highest BCUT2D eigenvalue weighted by Gasteiger charge is 2.24. The van der Waals surface area contributed by atoms with Gasteiger partial charge in [0.1, 0.15) is 0 Å². The lowest BCUT2D eigenvalue weighted by molar-refractivity contribution is 0.439. The van der Waals surface area contributed by atoms with Gasteiger partial charge in [-0.3, -0.25) is 4.99 Å². The van der Waals surface area contributed by atoms with Crippen molar-refractivity contribution < 1.29 is 0 Å². The van der Waals surface area contributed by atoms with Crippen LogP contribution in [0.2, 0.25) is 0 Å². The van der Waals surface area contributed by atoms with Gasteiger partial charge in [-0.15, -0.1) is 0 Å². The van der Waals surface area contributed by atoms with Crippen LogP contribution >= 0.6 is 0 Å². The predicted octanol–water partition coefficient (Wildman–Crippen LogP) is 2.00. The first kappa shape index (κ1) is 9.72. The maximum atomic E-state index is 4.30. The molecule has 70 valence electrons. The van der Waals surface area contributed by atoms with Crippen LogP contribution in [0.3, 0.4) is 0 Å². The van der Waals surface area contributed by atoms with E-state index in [-0.39, 0.29) is 0 Å². The number of hydrogen-bond acceptors (Lipinski definition) is 2. The molecular weight excluding hydrogens is 148 g/mol. The Morgan fingerprint density at radius 3 is 2.42 bits per heavy atom. The number of hydrogen-bond donors (Lipinski definition) is 1. The fraction of sp³-hybridized carbons (Fsp3) is 0.900. The van der Waals surface area contributed by atoms with Crippen molar-refractivity contribution in [1.29, 1.82) is 0 Å². The number of nitrogens with zero attached hydrogens (tertiary/aromatic N) is 1. The van der Waals surface area contributed by atoms with Crippen molar-refractivity contribution in [2.24, 2.45) is 4.99 Å². The van der Waals surface area contributed by atoms with E-state index in [1.54, 1.807) is 0 Å². The minimum atomic E-state index is 0.566. The first-order valence-corrected chi connectivity index (χ1v) is 4.93. The molecule has 0 amide bonds. The lowest BCUT2D eigenvalue weighted by Crippen LogP contribution is -2.35. The maximum absolute atomic E-state index is 4.30. The molecule has 0 fully saturated rings. The van der Waals surface area contributed by atoms with Crippen LogP contribution in [0, 0.1) is 0 Å². The molecule has 12 heavy (non-hydrogen) atoms. The molecule has 2 nitrogen and oxygen atoms in total. The fourth-order valence-corrected chi connectivity index (χ4v) is 1.44. The van der Waals surface area contributed by atoms with E-state index in [1.165, 1.54) is 18.6 Å². The molecule has 0 saturated heterocycles. The summed E-state index contributed by atoms with van der Waals surface area (Å²) in [6.07, 6.45) is 2.38. The van der Waals surface area contributed by atoms with E-state index < -0.39 is 0 Å². The summed E-state index contributed by atoms with van der Waals surface area (Å²) in [6, 6.07) is 1.81. The summed E-state index contributed by atoms with van der Waals surface area (Å²) < 4.78 is 0. The summed E-state index contributed by atoms with van der Waals surface area (Å²) in [4.78, 5) is 4.30. The van der Waals surface area contributed by atoms with Crippen LogP contribution in [0.15, 0.2) is 4.99 Å². The van der Waals surface area contributed by atoms with Gasteiger partial charge in [0, 0.05) is 17.8 Å². The van der Waals surface area contributed by atoms with E-state index in [9.17, 15) is 0 Å². The van der Waals surface area contributed by atoms with Gasteiger partial charge < -0.3 is 5.32 Å². The van der Waals surface area contributed by atoms with E-state index >= 15 is 0 Å². The van der Waals surface area contributed by atoms with Crippen LogP contribution in [0.4, 0.5) is 0 Å². The molecular formula is C10H20N2. The normalized spacial score (nSPS) is 26.3. The van der Waals surface area contributed by atoms with Crippen molar-refractivity contribution in [1.82, 2.24) is 5.32 Å². The summed E-state index contributed by atoms with van der Waals surface area (Å²) in [7, 11) is 0. The maximum Gasteiger partial charge on any atom is 0.0888 e. The van der Waals surface area contributed by atoms with E-state index in [1.807, 2.05) is 0 Å². The van der Waals surface area contributed by atoms with Crippen LogP contribution in [0.1, 0.15) is 40.5 Å². The minimum Gasteiger partial charge on any atom is -0.312 e. The fourth-order valence-electron chi connectivity index (χ4n) is 1.44. The quantitative estimate of drug-likeness (QED) is 0.667. The Morgan fingerprint density at radius 1 is 1.42 bits per heavy atom. The van der Waals surface area contributed by atoms with Crippen molar-refractivity contribution in [3.63, 3.8) is 0 Å². The average Bonchev–Trinajstić information content (AvgIpc) is 2.66. The van der Waals surface area contributed by atoms with E-state index in [4.69, 9.17) is 0 Å². The van der Waals surface area contributed by atoms with Gasteiger partial charge in [-0.1, -0.05) is 6.92 Å². The monoisotopic (exact) mass is 168 g/mol. The summed E-state index contributed by atoms with van der Waals surface area (Å²) >= 11 is 0. The second-order valence-electron chi connectivity index (χ2n) is 3.90. The summed E-state index contributed by atoms with van der Waals surface area (Å²) in [5.41, 5.74) is 1.33. The second-order valence-corrected chi connectivity index (χ2v) is 3.90. The van der Waals surface area contributed by atoms with Gasteiger partial charge in [0.05, 0.1) is 6.04 Å². The van der Waals surface area contributed by atoms with E-state index in [2.05, 4.69) is 38.0 Å². The molecule has 1 aliphatic heterocycles. The average molecular weight is 168 g/mol. The van der Waals surface area contributed by atoms with Crippen LogP contribution in [-0.2, 0) is 0 Å². The molecule has 0 saturated carbocycles. The van der Waals surface area contributed by atoms with Gasteiger partial charge in [-0.2, -0.15) is 0 Å². The van der Waals surface area contributed by atoms with Gasteiger partial charge in [0.2, 0.25) is 0 Å². The molecule has 0 aromatic carbocycles. The third-order valence-electron chi connectivity index (χ3n) is 2.53. The SMILES string of the molecule is CCC(C)N[C@H](C)CC1N=C1C. The van der Waals surface area contributed by atoms with Crippen molar-refractivity contribution in [3.8, 4) is 0 Å². The zero-order valence-corrected chi connectivity index (χ0v) is 8.59. The van der Waals surface area contributed by atoms with E-state index in [0.717, 1.165) is 0 Å². The molecule has 1 N–H and O–H groups in total. The second kappa shape index (κ2) is 4.04. The third-order valence-corrected chi connectivity index (χ3v) is 2.53. The smallest absolute Gasteiger partial charge is 0.0888 e. The molecule has 3 atom stereocenters. The summed E-state index contributed by atoms with van der Waals surface area (Å²) in [6.45, 7) is 8.80. The van der Waals surface area contributed by atoms with Gasteiger partial charge in [0.15, 0.2) is 0 Å². The molecule has 1 heterocycles. The number of aliphatic imine (C=N–C) groups is 1. The van der Waals surface area contributed by atoms with Gasteiger partial charge >= 0.3 is 0 Å². The predicted molar refractivity (Wildman–Crippen MR) is 53.9 cm³/mol. The Labute approximate surface area is 75.5 Å². The van der Waals surface area contributed by atoms with Crippen molar-refractivity contribution in [2.75, 3.05) is 0 Å². The van der Waals surface area contributed by atoms with Crippen LogP contribution in [-0.4, -0.2) is 23.8 Å². The highest BCUT2D eigenvalue weighted by Crippen LogP contribution is 2.17. The van der Waals surface area contributed by atoms with E-state index in [0.29, 0.717) is 18.1 Å². The van der Waals surface area contributed by atoms with Crippen LogP contribution < -0.4 is 5.32 Å². The van der Waals surface area contributed by atoms with Crippen molar-refractivity contribution >= 4 is 5.71 Å². The van der Waals surface area contributed by atoms with Crippen molar-refractivity contribution in [2.45, 2.75) is 58.7 Å². The lowest BCUT2D eigenvalue weighted by Gasteiger charge is -2.17. The Balaban J connectivity index is 2.08. The zero-order valence-electron chi connectivity index (χ0n) is 8.59. The molecule has 2 heteroatoms. The van der Waals surface area contributed by atoms with Crippen LogP contribution in [0.25, 0.3) is 0 Å². The van der Waals surface area contributed by atoms with Crippen LogP contribution in [0.5, 0.6) is 0 Å². The Morgan fingerprint density at radius 2 is 2.00 bits per heavy atom.